The highest BCUT2D eigenvalue weighted by Gasteiger charge is 2.40. The van der Waals surface area contributed by atoms with Gasteiger partial charge in [-0.2, -0.15) is 4.31 Å². The van der Waals surface area contributed by atoms with Crippen molar-refractivity contribution >= 4 is 27.8 Å². The van der Waals surface area contributed by atoms with Gasteiger partial charge in [0.25, 0.3) is 0 Å². The van der Waals surface area contributed by atoms with Gasteiger partial charge in [-0.3, -0.25) is 19.5 Å². The number of carboxylic acids is 1. The number of nitrogens with one attached hydrogen (secondary N) is 1. The highest BCUT2D eigenvalue weighted by molar-refractivity contribution is 7.89. The Kier molecular flexibility index (Phi) is 9.31. The molecule has 0 aliphatic carbocycles. The van der Waals surface area contributed by atoms with Crippen molar-refractivity contribution in [3.8, 4) is 0 Å². The molecule has 1 aromatic carbocycles. The summed E-state index contributed by atoms with van der Waals surface area (Å²) in [6.07, 6.45) is 2.43. The normalized spacial score (nSPS) is 19.5. The van der Waals surface area contributed by atoms with E-state index in [0.717, 1.165) is 15.6 Å². The molecule has 2 fully saturated rings. The Balaban J connectivity index is 1.29. The van der Waals surface area contributed by atoms with Crippen LogP contribution in [0.15, 0.2) is 53.6 Å². The molecule has 2 aliphatic rings. The largest absolute Gasteiger partial charge is 0.480 e. The molecule has 0 bridgehead atoms. The minimum Gasteiger partial charge on any atom is -0.480 e. The van der Waals surface area contributed by atoms with Crippen molar-refractivity contribution in [1.82, 2.24) is 24.4 Å². The van der Waals surface area contributed by atoms with E-state index in [1.165, 1.54) is 12.1 Å². The fourth-order valence-electron chi connectivity index (χ4n) is 4.96. The topological polar surface area (TPSA) is 140 Å². The second-order valence-corrected chi connectivity index (χ2v) is 11.9. The van der Waals surface area contributed by atoms with E-state index in [9.17, 15) is 27.9 Å². The Labute approximate surface area is 228 Å². The number of benzene rings is 1. The number of aromatic nitrogens is 1. The van der Waals surface area contributed by atoms with Crippen LogP contribution in [0.1, 0.15) is 36.9 Å². The van der Waals surface area contributed by atoms with Gasteiger partial charge in [0.05, 0.1) is 10.6 Å². The summed E-state index contributed by atoms with van der Waals surface area (Å²) < 4.78 is 27.5. The van der Waals surface area contributed by atoms with Gasteiger partial charge in [-0.1, -0.05) is 23.8 Å². The molecule has 2 amide bonds. The van der Waals surface area contributed by atoms with E-state index in [4.69, 9.17) is 0 Å². The standard InChI is InChI=1S/C27H35N5O6S/c1-20-7-9-22(10-8-20)39(37,38)32-14-4-6-24(32)26(34)29-23(27(35)36)11-12-25(33)31-17-15-30(16-18-31)19-21-5-2-3-13-28-21/h2-3,5,7-10,13,23-24H,4,6,11-12,14-19H2,1H3,(H,29,34)(H,35,36)/t23?,24-/m0/s1. The number of amides is 2. The minimum atomic E-state index is -3.91. The third-order valence-electron chi connectivity index (χ3n) is 7.23. The summed E-state index contributed by atoms with van der Waals surface area (Å²) in [5.41, 5.74) is 1.87. The van der Waals surface area contributed by atoms with Crippen LogP contribution in [-0.4, -0.2) is 95.2 Å². The third kappa shape index (κ3) is 7.20. The maximum absolute atomic E-state index is 13.2. The average molecular weight is 558 g/mol. The number of carboxylic acid groups (broad SMARTS) is 1. The quantitative estimate of drug-likeness (QED) is 0.445. The van der Waals surface area contributed by atoms with Crippen LogP contribution in [0, 0.1) is 6.92 Å². The molecular formula is C27H35N5O6S. The predicted molar refractivity (Wildman–Crippen MR) is 143 cm³/mol. The van der Waals surface area contributed by atoms with Gasteiger partial charge in [0.1, 0.15) is 12.1 Å². The molecule has 0 spiro atoms. The maximum Gasteiger partial charge on any atom is 0.326 e. The van der Waals surface area contributed by atoms with Crippen molar-refractivity contribution in [1.29, 1.82) is 0 Å². The molecule has 12 heteroatoms. The molecule has 0 radical (unpaired) electrons. The maximum atomic E-state index is 13.2. The number of aliphatic carboxylic acids is 1. The van der Waals surface area contributed by atoms with Crippen molar-refractivity contribution in [3.63, 3.8) is 0 Å². The van der Waals surface area contributed by atoms with Crippen molar-refractivity contribution in [2.75, 3.05) is 32.7 Å². The van der Waals surface area contributed by atoms with Crippen molar-refractivity contribution in [2.24, 2.45) is 0 Å². The number of carbonyl (C=O) groups excluding carboxylic acids is 2. The second kappa shape index (κ2) is 12.7. The van der Waals surface area contributed by atoms with Gasteiger partial charge in [0.15, 0.2) is 0 Å². The molecule has 0 saturated carbocycles. The molecule has 39 heavy (non-hydrogen) atoms. The first-order valence-corrected chi connectivity index (χ1v) is 14.6. The minimum absolute atomic E-state index is 0.0342. The van der Waals surface area contributed by atoms with Crippen LogP contribution < -0.4 is 5.32 Å². The molecule has 2 atom stereocenters. The molecule has 2 N–H and O–H groups in total. The molecular weight excluding hydrogens is 522 g/mol. The van der Waals surface area contributed by atoms with E-state index < -0.39 is 34.0 Å². The number of aryl methyl sites for hydroxylation is 1. The van der Waals surface area contributed by atoms with Crippen LogP contribution in [0.4, 0.5) is 0 Å². The number of nitrogens with zero attached hydrogens (tertiary/aromatic N) is 4. The third-order valence-corrected chi connectivity index (χ3v) is 9.15. The summed E-state index contributed by atoms with van der Waals surface area (Å²) in [4.78, 5) is 46.1. The first kappa shape index (κ1) is 28.7. The Hall–Kier alpha value is -3.35. The van der Waals surface area contributed by atoms with Gasteiger partial charge in [-0.15, -0.1) is 0 Å². The zero-order valence-electron chi connectivity index (χ0n) is 22.0. The van der Waals surface area contributed by atoms with Crippen molar-refractivity contribution < 1.29 is 27.9 Å². The lowest BCUT2D eigenvalue weighted by molar-refractivity contribution is -0.143. The molecule has 3 heterocycles. The summed E-state index contributed by atoms with van der Waals surface area (Å²) in [6.45, 7) is 5.17. The summed E-state index contributed by atoms with van der Waals surface area (Å²) in [6, 6.07) is 9.85. The molecule has 2 aliphatic heterocycles. The molecule has 1 unspecified atom stereocenters. The summed E-state index contributed by atoms with van der Waals surface area (Å²) >= 11 is 0. The molecule has 4 rings (SSSR count). The van der Waals surface area contributed by atoms with Crippen molar-refractivity contribution in [2.45, 2.75) is 56.1 Å². The second-order valence-electron chi connectivity index (χ2n) is 10.0. The Morgan fingerprint density at radius 1 is 1.05 bits per heavy atom. The fraction of sp³-hybridized carbons (Fsp3) is 0.481. The number of sulfonamides is 1. The van der Waals surface area contributed by atoms with E-state index in [1.807, 2.05) is 25.1 Å². The van der Waals surface area contributed by atoms with Gasteiger partial charge in [0, 0.05) is 51.9 Å². The summed E-state index contributed by atoms with van der Waals surface area (Å²) in [5, 5.41) is 12.2. The Bertz CT molecular complexity index is 1260. The molecule has 210 valence electrons. The predicted octanol–water partition coefficient (Wildman–Crippen LogP) is 1.24. The Morgan fingerprint density at radius 3 is 2.41 bits per heavy atom. The van der Waals surface area contributed by atoms with E-state index in [0.29, 0.717) is 45.6 Å². The van der Waals surface area contributed by atoms with Gasteiger partial charge >= 0.3 is 5.97 Å². The van der Waals surface area contributed by atoms with Crippen LogP contribution in [0.3, 0.4) is 0 Å². The smallest absolute Gasteiger partial charge is 0.326 e. The average Bonchev–Trinajstić information content (AvgIpc) is 3.43. The number of pyridine rings is 1. The molecule has 2 aromatic rings. The van der Waals surface area contributed by atoms with E-state index >= 15 is 0 Å². The number of rotatable bonds is 10. The van der Waals surface area contributed by atoms with Crippen LogP contribution in [0.25, 0.3) is 0 Å². The van der Waals surface area contributed by atoms with Gasteiger partial charge in [0.2, 0.25) is 21.8 Å². The molecule has 1 aromatic heterocycles. The fourth-order valence-corrected chi connectivity index (χ4v) is 6.62. The number of hydrogen-bond acceptors (Lipinski definition) is 7. The lowest BCUT2D eigenvalue weighted by Crippen LogP contribution is -2.51. The first-order valence-electron chi connectivity index (χ1n) is 13.2. The van der Waals surface area contributed by atoms with E-state index in [2.05, 4.69) is 15.2 Å². The van der Waals surface area contributed by atoms with Gasteiger partial charge < -0.3 is 15.3 Å². The van der Waals surface area contributed by atoms with Crippen molar-refractivity contribution in [3.05, 3.63) is 59.9 Å². The molecule has 2 saturated heterocycles. The monoisotopic (exact) mass is 557 g/mol. The summed E-state index contributed by atoms with van der Waals surface area (Å²) in [5.74, 6) is -2.09. The lowest BCUT2D eigenvalue weighted by atomic mass is 10.1. The first-order chi connectivity index (χ1) is 18.6. The SMILES string of the molecule is Cc1ccc(S(=O)(=O)N2CCC[C@H]2C(=O)NC(CCC(=O)N2CCN(Cc3ccccn3)CC2)C(=O)O)cc1. The van der Waals surface area contributed by atoms with Gasteiger partial charge in [-0.25, -0.2) is 13.2 Å². The highest BCUT2D eigenvalue weighted by atomic mass is 32.2. The van der Waals surface area contributed by atoms with E-state index in [-0.39, 0.29) is 30.2 Å². The lowest BCUT2D eigenvalue weighted by Gasteiger charge is -2.34. The van der Waals surface area contributed by atoms with Crippen LogP contribution in [-0.2, 0) is 31.0 Å². The van der Waals surface area contributed by atoms with Gasteiger partial charge in [-0.05, 0) is 50.5 Å². The van der Waals surface area contributed by atoms with Crippen LogP contribution in [0.5, 0.6) is 0 Å². The highest BCUT2D eigenvalue weighted by Crippen LogP contribution is 2.26. The Morgan fingerprint density at radius 2 is 1.77 bits per heavy atom. The van der Waals surface area contributed by atoms with Crippen LogP contribution >= 0.6 is 0 Å². The van der Waals surface area contributed by atoms with E-state index in [1.54, 1.807) is 23.2 Å². The number of hydrogen-bond donors (Lipinski definition) is 2. The number of piperazine rings is 1. The molecule has 11 nitrogen and oxygen atoms in total. The zero-order chi connectivity index (χ0) is 28.0. The summed E-state index contributed by atoms with van der Waals surface area (Å²) in [7, 11) is -3.91. The number of carbonyl (C=O) groups is 3. The van der Waals surface area contributed by atoms with Crippen LogP contribution in [0.2, 0.25) is 0 Å². The zero-order valence-corrected chi connectivity index (χ0v) is 22.8.